The predicted octanol–water partition coefficient (Wildman–Crippen LogP) is 2.50. The van der Waals surface area contributed by atoms with Crippen molar-refractivity contribution in [2.24, 2.45) is 0 Å². The highest BCUT2D eigenvalue weighted by Crippen LogP contribution is 2.21. The van der Waals surface area contributed by atoms with Crippen LogP contribution in [0.25, 0.3) is 10.9 Å². The molecular formula is C16H15N3O2. The number of aromatic amines is 1. The van der Waals surface area contributed by atoms with Crippen molar-refractivity contribution in [3.8, 4) is 5.75 Å². The van der Waals surface area contributed by atoms with Crippen molar-refractivity contribution >= 4 is 16.8 Å². The van der Waals surface area contributed by atoms with Crippen LogP contribution in [0.15, 0.2) is 48.8 Å². The zero-order valence-electron chi connectivity index (χ0n) is 11.6. The van der Waals surface area contributed by atoms with Crippen LogP contribution in [-0.2, 0) is 6.54 Å². The summed E-state index contributed by atoms with van der Waals surface area (Å²) >= 11 is 0. The Hall–Kier alpha value is -2.82. The summed E-state index contributed by atoms with van der Waals surface area (Å²) in [7, 11) is 1.62. The molecule has 0 saturated carbocycles. The predicted molar refractivity (Wildman–Crippen MR) is 80.3 cm³/mol. The van der Waals surface area contributed by atoms with E-state index in [9.17, 15) is 4.79 Å². The van der Waals surface area contributed by atoms with Crippen molar-refractivity contribution in [3.05, 3.63) is 60.0 Å². The molecule has 3 rings (SSSR count). The number of fused-ring (bicyclic) bond motifs is 1. The van der Waals surface area contributed by atoms with Gasteiger partial charge in [-0.25, -0.2) is 0 Å². The summed E-state index contributed by atoms with van der Waals surface area (Å²) in [6.07, 6.45) is 3.41. The first-order chi connectivity index (χ1) is 10.3. The number of hydrogen-bond donors (Lipinski definition) is 2. The van der Waals surface area contributed by atoms with Gasteiger partial charge in [0, 0.05) is 35.9 Å². The normalized spacial score (nSPS) is 10.5. The Morgan fingerprint density at radius 3 is 2.81 bits per heavy atom. The van der Waals surface area contributed by atoms with Crippen LogP contribution in [0.5, 0.6) is 5.75 Å². The number of methoxy groups -OCH3 is 1. The number of carbonyl (C=O) groups is 1. The zero-order chi connectivity index (χ0) is 14.7. The zero-order valence-corrected chi connectivity index (χ0v) is 11.6. The molecule has 2 N–H and O–H groups in total. The summed E-state index contributed by atoms with van der Waals surface area (Å²) in [6, 6.07) is 11.2. The lowest BCUT2D eigenvalue weighted by Gasteiger charge is -2.03. The number of rotatable bonds is 4. The standard InChI is InChI=1S/C16H15N3O2/c1-21-13-3-2-12-8-15(19-14(12)9-13)16(20)18-10-11-4-6-17-7-5-11/h2-9,19H,10H2,1H3,(H,18,20). The smallest absolute Gasteiger partial charge is 0.267 e. The third-order valence-electron chi connectivity index (χ3n) is 3.28. The molecule has 0 aliphatic rings. The largest absolute Gasteiger partial charge is 0.497 e. The van der Waals surface area contributed by atoms with Crippen LogP contribution in [0, 0.1) is 0 Å². The average Bonchev–Trinajstić information content (AvgIpc) is 2.96. The van der Waals surface area contributed by atoms with Gasteiger partial charge in [0.2, 0.25) is 0 Å². The van der Waals surface area contributed by atoms with Crippen LogP contribution in [-0.4, -0.2) is 23.0 Å². The molecule has 1 aromatic carbocycles. The number of amides is 1. The number of hydrogen-bond acceptors (Lipinski definition) is 3. The minimum Gasteiger partial charge on any atom is -0.497 e. The number of ether oxygens (including phenoxy) is 1. The summed E-state index contributed by atoms with van der Waals surface area (Å²) in [6.45, 7) is 0.472. The van der Waals surface area contributed by atoms with E-state index in [-0.39, 0.29) is 5.91 Å². The molecule has 0 atom stereocenters. The Bertz CT molecular complexity index is 766. The molecule has 0 aliphatic carbocycles. The Morgan fingerprint density at radius 2 is 2.05 bits per heavy atom. The molecule has 0 unspecified atom stereocenters. The quantitative estimate of drug-likeness (QED) is 0.772. The van der Waals surface area contributed by atoms with E-state index >= 15 is 0 Å². The van der Waals surface area contributed by atoms with Gasteiger partial charge in [0.15, 0.2) is 0 Å². The fourth-order valence-corrected chi connectivity index (χ4v) is 2.13. The lowest BCUT2D eigenvalue weighted by atomic mass is 10.2. The van der Waals surface area contributed by atoms with Gasteiger partial charge in [-0.05, 0) is 35.9 Å². The van der Waals surface area contributed by atoms with Gasteiger partial charge in [-0.1, -0.05) is 0 Å². The maximum atomic E-state index is 12.2. The van der Waals surface area contributed by atoms with Gasteiger partial charge in [0.05, 0.1) is 7.11 Å². The first-order valence-electron chi connectivity index (χ1n) is 6.60. The van der Waals surface area contributed by atoms with Crippen LogP contribution in [0.1, 0.15) is 16.1 Å². The van der Waals surface area contributed by atoms with E-state index in [0.717, 1.165) is 22.2 Å². The first kappa shape index (κ1) is 13.2. The van der Waals surface area contributed by atoms with Gasteiger partial charge in [0.25, 0.3) is 5.91 Å². The van der Waals surface area contributed by atoms with Crippen LogP contribution >= 0.6 is 0 Å². The fraction of sp³-hybridized carbons (Fsp3) is 0.125. The minimum absolute atomic E-state index is 0.137. The molecule has 21 heavy (non-hydrogen) atoms. The number of H-pyrrole nitrogens is 1. The second kappa shape index (κ2) is 5.66. The van der Waals surface area contributed by atoms with E-state index in [1.807, 2.05) is 36.4 Å². The van der Waals surface area contributed by atoms with E-state index in [4.69, 9.17) is 4.74 Å². The summed E-state index contributed by atoms with van der Waals surface area (Å²) in [4.78, 5) is 19.2. The van der Waals surface area contributed by atoms with E-state index in [1.165, 1.54) is 0 Å². The molecule has 106 valence electrons. The topological polar surface area (TPSA) is 67.0 Å². The summed E-state index contributed by atoms with van der Waals surface area (Å²) < 4.78 is 5.17. The van der Waals surface area contributed by atoms with Gasteiger partial charge in [-0.2, -0.15) is 0 Å². The van der Waals surface area contributed by atoms with Gasteiger partial charge in [-0.15, -0.1) is 0 Å². The van der Waals surface area contributed by atoms with Gasteiger partial charge < -0.3 is 15.0 Å². The maximum absolute atomic E-state index is 12.2. The SMILES string of the molecule is COc1ccc2cc(C(=O)NCc3ccncc3)[nH]c2c1. The molecule has 1 amide bonds. The van der Waals surface area contributed by atoms with Gasteiger partial charge in [-0.3, -0.25) is 9.78 Å². The van der Waals surface area contributed by atoms with Crippen LogP contribution in [0.3, 0.4) is 0 Å². The molecular weight excluding hydrogens is 266 g/mol. The summed E-state index contributed by atoms with van der Waals surface area (Å²) in [5.74, 6) is 0.620. The number of benzene rings is 1. The average molecular weight is 281 g/mol. The lowest BCUT2D eigenvalue weighted by Crippen LogP contribution is -2.23. The maximum Gasteiger partial charge on any atom is 0.267 e. The minimum atomic E-state index is -0.137. The Kier molecular flexibility index (Phi) is 3.55. The van der Waals surface area contributed by atoms with Crippen molar-refractivity contribution in [3.63, 3.8) is 0 Å². The summed E-state index contributed by atoms with van der Waals surface area (Å²) in [5, 5.41) is 3.85. The number of nitrogens with one attached hydrogen (secondary N) is 2. The highest BCUT2D eigenvalue weighted by Gasteiger charge is 2.09. The van der Waals surface area contributed by atoms with Gasteiger partial charge in [0.1, 0.15) is 11.4 Å². The molecule has 0 aliphatic heterocycles. The van der Waals surface area contributed by atoms with Crippen LogP contribution in [0.2, 0.25) is 0 Å². The van der Waals surface area contributed by atoms with E-state index in [2.05, 4.69) is 15.3 Å². The van der Waals surface area contributed by atoms with Crippen LogP contribution in [0.4, 0.5) is 0 Å². The Morgan fingerprint density at radius 1 is 1.24 bits per heavy atom. The molecule has 2 heterocycles. The second-order valence-corrected chi connectivity index (χ2v) is 4.67. The summed E-state index contributed by atoms with van der Waals surface area (Å²) in [5.41, 5.74) is 2.42. The molecule has 5 heteroatoms. The molecule has 5 nitrogen and oxygen atoms in total. The molecule has 0 saturated heterocycles. The van der Waals surface area contributed by atoms with Crippen molar-refractivity contribution in [2.75, 3.05) is 7.11 Å². The highest BCUT2D eigenvalue weighted by atomic mass is 16.5. The molecule has 0 bridgehead atoms. The van der Waals surface area contributed by atoms with Crippen molar-refractivity contribution < 1.29 is 9.53 Å². The number of carbonyl (C=O) groups excluding carboxylic acids is 1. The highest BCUT2D eigenvalue weighted by molar-refractivity contribution is 5.98. The first-order valence-corrected chi connectivity index (χ1v) is 6.60. The van der Waals surface area contributed by atoms with E-state index in [1.54, 1.807) is 19.5 Å². The second-order valence-electron chi connectivity index (χ2n) is 4.67. The third-order valence-corrected chi connectivity index (χ3v) is 3.28. The van der Waals surface area contributed by atoms with Crippen molar-refractivity contribution in [2.45, 2.75) is 6.54 Å². The third kappa shape index (κ3) is 2.86. The fourth-order valence-electron chi connectivity index (χ4n) is 2.13. The number of aromatic nitrogens is 2. The molecule has 0 fully saturated rings. The Balaban J connectivity index is 1.75. The monoisotopic (exact) mass is 281 g/mol. The molecule has 2 aromatic heterocycles. The molecule has 0 radical (unpaired) electrons. The van der Waals surface area contributed by atoms with Crippen molar-refractivity contribution in [1.29, 1.82) is 0 Å². The van der Waals surface area contributed by atoms with E-state index in [0.29, 0.717) is 12.2 Å². The van der Waals surface area contributed by atoms with Crippen LogP contribution < -0.4 is 10.1 Å². The number of pyridine rings is 1. The van der Waals surface area contributed by atoms with Crippen molar-refractivity contribution in [1.82, 2.24) is 15.3 Å². The number of nitrogens with zero attached hydrogens (tertiary/aromatic N) is 1. The molecule has 3 aromatic rings. The van der Waals surface area contributed by atoms with E-state index < -0.39 is 0 Å². The lowest BCUT2D eigenvalue weighted by molar-refractivity contribution is 0.0946. The Labute approximate surface area is 122 Å². The molecule has 0 spiro atoms. The van der Waals surface area contributed by atoms with Gasteiger partial charge >= 0.3 is 0 Å².